The van der Waals surface area contributed by atoms with E-state index in [0.29, 0.717) is 24.8 Å². The lowest BCUT2D eigenvalue weighted by Gasteiger charge is -2.37. The molecule has 2 aliphatic carbocycles. The molecule has 0 aromatic rings. The Kier molecular flexibility index (Phi) is 6.72. The number of hydrogen-bond donors (Lipinski definition) is 1. The van der Waals surface area contributed by atoms with Crippen molar-refractivity contribution in [3.63, 3.8) is 0 Å². The smallest absolute Gasteiger partial charge is 0.234 e. The number of ether oxygens (including phenoxy) is 2. The fourth-order valence-corrected chi connectivity index (χ4v) is 4.22. The third-order valence-electron chi connectivity index (χ3n) is 5.49. The Morgan fingerprint density at radius 1 is 1.13 bits per heavy atom. The average Bonchev–Trinajstić information content (AvgIpc) is 3.05. The van der Waals surface area contributed by atoms with Crippen LogP contribution in [0.25, 0.3) is 0 Å². The highest BCUT2D eigenvalue weighted by Gasteiger charge is 2.36. The van der Waals surface area contributed by atoms with Gasteiger partial charge in [-0.05, 0) is 38.5 Å². The van der Waals surface area contributed by atoms with Gasteiger partial charge in [0.25, 0.3) is 0 Å². The summed E-state index contributed by atoms with van der Waals surface area (Å²) in [6.45, 7) is 3.67. The molecule has 2 saturated carbocycles. The number of hydrogen-bond acceptors (Lipinski definition) is 4. The zero-order chi connectivity index (χ0) is 15.9. The molecule has 1 N–H and O–H groups in total. The van der Waals surface area contributed by atoms with Gasteiger partial charge in [-0.1, -0.05) is 19.3 Å². The molecule has 132 valence electrons. The molecule has 0 aromatic carbocycles. The summed E-state index contributed by atoms with van der Waals surface area (Å²) in [6, 6.07) is 0.462. The minimum atomic E-state index is 0.148. The van der Waals surface area contributed by atoms with Crippen molar-refractivity contribution in [1.82, 2.24) is 10.2 Å². The summed E-state index contributed by atoms with van der Waals surface area (Å²) in [7, 11) is 0. The minimum Gasteiger partial charge on any atom is -0.378 e. The van der Waals surface area contributed by atoms with Gasteiger partial charge in [0.1, 0.15) is 0 Å². The van der Waals surface area contributed by atoms with E-state index in [-0.39, 0.29) is 5.91 Å². The summed E-state index contributed by atoms with van der Waals surface area (Å²) < 4.78 is 11.7. The fraction of sp³-hybridized carbons (Fsp3) is 0.944. The SMILES string of the molecule is O=C(CN1CCO[C@@H]2CCC[C@H]21)NCCCOC1CCCCC1. The second-order valence-corrected chi connectivity index (χ2v) is 7.21. The first kappa shape index (κ1) is 17.2. The van der Waals surface area contributed by atoms with E-state index in [0.717, 1.165) is 39.1 Å². The molecule has 3 fully saturated rings. The number of amides is 1. The van der Waals surface area contributed by atoms with E-state index in [1.807, 2.05) is 0 Å². The average molecular weight is 324 g/mol. The number of nitrogens with one attached hydrogen (secondary N) is 1. The van der Waals surface area contributed by atoms with Crippen molar-refractivity contribution in [2.75, 3.05) is 32.8 Å². The van der Waals surface area contributed by atoms with Gasteiger partial charge >= 0.3 is 0 Å². The zero-order valence-corrected chi connectivity index (χ0v) is 14.3. The van der Waals surface area contributed by atoms with Crippen LogP contribution >= 0.6 is 0 Å². The fourth-order valence-electron chi connectivity index (χ4n) is 4.22. The van der Waals surface area contributed by atoms with Crippen molar-refractivity contribution >= 4 is 5.91 Å². The molecule has 0 spiro atoms. The van der Waals surface area contributed by atoms with Crippen molar-refractivity contribution in [2.45, 2.75) is 76.0 Å². The van der Waals surface area contributed by atoms with Crippen LogP contribution in [0.2, 0.25) is 0 Å². The maximum Gasteiger partial charge on any atom is 0.234 e. The van der Waals surface area contributed by atoms with E-state index in [4.69, 9.17) is 9.47 Å². The molecule has 1 aliphatic heterocycles. The highest BCUT2D eigenvalue weighted by Crippen LogP contribution is 2.29. The monoisotopic (exact) mass is 324 g/mol. The van der Waals surface area contributed by atoms with Crippen LogP contribution in [0.1, 0.15) is 57.8 Å². The number of carbonyl (C=O) groups excluding carboxylic acids is 1. The van der Waals surface area contributed by atoms with E-state index < -0.39 is 0 Å². The van der Waals surface area contributed by atoms with E-state index in [9.17, 15) is 4.79 Å². The van der Waals surface area contributed by atoms with Crippen molar-refractivity contribution < 1.29 is 14.3 Å². The molecule has 5 heteroatoms. The number of fused-ring (bicyclic) bond motifs is 1. The maximum absolute atomic E-state index is 12.1. The quantitative estimate of drug-likeness (QED) is 0.729. The van der Waals surface area contributed by atoms with Gasteiger partial charge in [0.15, 0.2) is 0 Å². The van der Waals surface area contributed by atoms with Crippen LogP contribution in [0.3, 0.4) is 0 Å². The molecule has 23 heavy (non-hydrogen) atoms. The predicted molar refractivity (Wildman–Crippen MR) is 89.4 cm³/mol. The molecule has 1 amide bonds. The third-order valence-corrected chi connectivity index (χ3v) is 5.49. The molecule has 2 atom stereocenters. The summed E-state index contributed by atoms with van der Waals surface area (Å²) >= 11 is 0. The number of carbonyl (C=O) groups is 1. The number of rotatable bonds is 7. The zero-order valence-electron chi connectivity index (χ0n) is 14.3. The van der Waals surface area contributed by atoms with E-state index in [1.165, 1.54) is 44.9 Å². The summed E-state index contributed by atoms with van der Waals surface area (Å²) in [4.78, 5) is 14.4. The van der Waals surface area contributed by atoms with Gasteiger partial charge in [-0.25, -0.2) is 0 Å². The highest BCUT2D eigenvalue weighted by atomic mass is 16.5. The molecule has 3 rings (SSSR count). The van der Waals surface area contributed by atoms with Crippen LogP contribution in [0.5, 0.6) is 0 Å². The van der Waals surface area contributed by atoms with E-state index >= 15 is 0 Å². The molecule has 5 nitrogen and oxygen atoms in total. The van der Waals surface area contributed by atoms with Gasteiger partial charge in [-0.3, -0.25) is 9.69 Å². The standard InChI is InChI=1S/C18H32N2O3/c21-18(14-20-11-13-23-17-9-4-8-16(17)20)19-10-5-12-22-15-6-2-1-3-7-15/h15-17H,1-14H2,(H,19,21)/t16-,17-/m1/s1. The summed E-state index contributed by atoms with van der Waals surface area (Å²) in [5.74, 6) is 0.148. The van der Waals surface area contributed by atoms with E-state index in [1.54, 1.807) is 0 Å². The first-order chi connectivity index (χ1) is 11.3. The summed E-state index contributed by atoms with van der Waals surface area (Å²) in [6.07, 6.45) is 11.7. The predicted octanol–water partition coefficient (Wildman–Crippen LogP) is 2.10. The first-order valence-electron chi connectivity index (χ1n) is 9.57. The van der Waals surface area contributed by atoms with Crippen molar-refractivity contribution in [2.24, 2.45) is 0 Å². The van der Waals surface area contributed by atoms with Crippen molar-refractivity contribution in [1.29, 1.82) is 0 Å². The Balaban J connectivity index is 1.26. The molecule has 0 aromatic heterocycles. The molecule has 1 heterocycles. The van der Waals surface area contributed by atoms with Gasteiger partial charge in [-0.2, -0.15) is 0 Å². The Morgan fingerprint density at radius 3 is 2.87 bits per heavy atom. The number of morpholine rings is 1. The first-order valence-corrected chi connectivity index (χ1v) is 9.57. The molecule has 0 unspecified atom stereocenters. The van der Waals surface area contributed by atoms with Gasteiger partial charge in [0.05, 0.1) is 25.4 Å². The van der Waals surface area contributed by atoms with E-state index in [2.05, 4.69) is 10.2 Å². The maximum atomic E-state index is 12.1. The normalized spacial score (nSPS) is 29.4. The second kappa shape index (κ2) is 9.00. The van der Waals surface area contributed by atoms with Crippen LogP contribution in [-0.2, 0) is 14.3 Å². The lowest BCUT2D eigenvalue weighted by atomic mass is 9.98. The van der Waals surface area contributed by atoms with Crippen LogP contribution in [-0.4, -0.2) is 61.9 Å². The highest BCUT2D eigenvalue weighted by molar-refractivity contribution is 5.78. The van der Waals surface area contributed by atoms with Gasteiger partial charge in [0.2, 0.25) is 5.91 Å². The lowest BCUT2D eigenvalue weighted by Crippen LogP contribution is -2.51. The Hall–Kier alpha value is -0.650. The molecular formula is C18H32N2O3. The van der Waals surface area contributed by atoms with Crippen LogP contribution < -0.4 is 5.32 Å². The Labute approximate surface area is 140 Å². The molecular weight excluding hydrogens is 292 g/mol. The number of nitrogens with zero attached hydrogens (tertiary/aromatic N) is 1. The third kappa shape index (κ3) is 5.16. The topological polar surface area (TPSA) is 50.8 Å². The summed E-state index contributed by atoms with van der Waals surface area (Å²) in [5, 5.41) is 3.05. The van der Waals surface area contributed by atoms with Crippen LogP contribution in [0.15, 0.2) is 0 Å². The van der Waals surface area contributed by atoms with Gasteiger partial charge < -0.3 is 14.8 Å². The van der Waals surface area contributed by atoms with Crippen molar-refractivity contribution in [3.05, 3.63) is 0 Å². The Morgan fingerprint density at radius 2 is 2.00 bits per heavy atom. The second-order valence-electron chi connectivity index (χ2n) is 7.21. The summed E-state index contributed by atoms with van der Waals surface area (Å²) in [5.41, 5.74) is 0. The molecule has 1 saturated heterocycles. The van der Waals surface area contributed by atoms with Gasteiger partial charge in [0, 0.05) is 25.7 Å². The Bertz CT molecular complexity index is 371. The molecule has 0 radical (unpaired) electrons. The molecule has 3 aliphatic rings. The van der Waals surface area contributed by atoms with Gasteiger partial charge in [-0.15, -0.1) is 0 Å². The van der Waals surface area contributed by atoms with Crippen molar-refractivity contribution in [3.8, 4) is 0 Å². The lowest BCUT2D eigenvalue weighted by molar-refractivity contribution is -0.126. The largest absolute Gasteiger partial charge is 0.378 e. The van der Waals surface area contributed by atoms with Crippen LogP contribution in [0.4, 0.5) is 0 Å². The molecule has 0 bridgehead atoms. The van der Waals surface area contributed by atoms with Crippen LogP contribution in [0, 0.1) is 0 Å². The minimum absolute atomic E-state index is 0.148.